The summed E-state index contributed by atoms with van der Waals surface area (Å²) >= 11 is 0. The molecule has 6 heteroatoms. The molecule has 1 aromatic carbocycles. The van der Waals surface area contributed by atoms with Gasteiger partial charge in [-0.05, 0) is 12.1 Å². The van der Waals surface area contributed by atoms with Crippen molar-refractivity contribution in [1.29, 1.82) is 0 Å². The Labute approximate surface area is 123 Å². The predicted molar refractivity (Wildman–Crippen MR) is 65.7 cm³/mol. The minimum atomic E-state index is -3.41. The molecule has 0 spiro atoms. The van der Waals surface area contributed by atoms with Gasteiger partial charge in [0.1, 0.15) is 0 Å². The van der Waals surface area contributed by atoms with Crippen molar-refractivity contribution in [3.63, 3.8) is 0 Å². The van der Waals surface area contributed by atoms with Crippen LogP contribution in [0, 0.1) is 0 Å². The first-order valence-corrected chi connectivity index (χ1v) is 7.37. The van der Waals surface area contributed by atoms with Crippen LogP contribution >= 0.6 is 0 Å². The molecular weight excluding hydrogens is 419 g/mol. The van der Waals surface area contributed by atoms with Crippen molar-refractivity contribution in [3.05, 3.63) is 35.6 Å². The van der Waals surface area contributed by atoms with Gasteiger partial charge in [-0.1, -0.05) is 31.0 Å². The van der Waals surface area contributed by atoms with Gasteiger partial charge in [0.05, 0.1) is 16.8 Å². The second-order valence-electron chi connectivity index (χ2n) is 4.28. The van der Waals surface area contributed by atoms with Crippen LogP contribution in [0.4, 0.5) is 0 Å². The zero-order valence-corrected chi connectivity index (χ0v) is 14.0. The van der Waals surface area contributed by atoms with Crippen LogP contribution in [0.5, 0.6) is 0 Å². The van der Waals surface area contributed by atoms with Gasteiger partial charge in [-0.3, -0.25) is 0 Å². The summed E-state index contributed by atoms with van der Waals surface area (Å²) in [6.45, 7) is 0.729. The van der Waals surface area contributed by atoms with Crippen molar-refractivity contribution in [2.45, 2.75) is 29.9 Å². The van der Waals surface area contributed by atoms with Crippen LogP contribution in [0.1, 0.15) is 12.8 Å². The molecule has 0 aromatic heterocycles. The van der Waals surface area contributed by atoms with E-state index in [0.717, 1.165) is 19.4 Å². The summed E-state index contributed by atoms with van der Waals surface area (Å²) in [4.78, 5) is 0.261. The molecule has 0 amide bonds. The maximum absolute atomic E-state index is 12.0. The number of nitrogens with zero attached hydrogens (tertiary/aromatic N) is 1. The van der Waals surface area contributed by atoms with E-state index in [1.54, 1.807) is 30.3 Å². The Balaban J connectivity index is 0.00000162. The fourth-order valence-electron chi connectivity index (χ4n) is 2.02. The Kier molecular flexibility index (Phi) is 6.04. The van der Waals surface area contributed by atoms with Gasteiger partial charge >= 0.3 is 0 Å². The van der Waals surface area contributed by atoms with E-state index in [1.807, 2.05) is 0 Å². The van der Waals surface area contributed by atoms with E-state index >= 15 is 0 Å². The Morgan fingerprint density at radius 2 is 2.00 bits per heavy atom. The van der Waals surface area contributed by atoms with Crippen molar-refractivity contribution in [2.24, 2.45) is 0 Å². The van der Waals surface area contributed by atoms with Gasteiger partial charge < -0.3 is 10.4 Å². The van der Waals surface area contributed by atoms with E-state index in [1.165, 1.54) is 0 Å². The van der Waals surface area contributed by atoms with Gasteiger partial charge in [0.2, 0.25) is 0 Å². The Hall–Kier alpha value is -0.170. The van der Waals surface area contributed by atoms with Crippen molar-refractivity contribution >= 4 is 9.84 Å². The van der Waals surface area contributed by atoms with Crippen LogP contribution < -0.4 is 0 Å². The summed E-state index contributed by atoms with van der Waals surface area (Å²) in [6.07, 6.45) is 0.834. The number of hydrogen-bond acceptors (Lipinski definition) is 3. The summed E-state index contributed by atoms with van der Waals surface area (Å²) in [5.41, 5.74) is 0. The molecule has 1 fully saturated rings. The molecule has 0 saturated carbocycles. The predicted octanol–water partition coefficient (Wildman–Crippen LogP) is 1.35. The average Bonchev–Trinajstić information content (AvgIpc) is 2.83. The topological polar surface area (TPSA) is 68.5 Å². The molecule has 1 aliphatic heterocycles. The maximum Gasteiger partial charge on any atom is 0.180 e. The van der Waals surface area contributed by atoms with E-state index in [2.05, 4.69) is 5.32 Å². The summed E-state index contributed by atoms with van der Waals surface area (Å²) in [6, 6.07) is 8.01. The molecule has 0 bridgehead atoms. The fourth-order valence-corrected chi connectivity index (χ4v) is 3.46. The number of hydrogen-bond donors (Lipinski definition) is 1. The molecule has 1 heterocycles. The van der Waals surface area contributed by atoms with Gasteiger partial charge in [-0.25, -0.2) is 8.42 Å². The van der Waals surface area contributed by atoms with Gasteiger partial charge in [-0.2, -0.15) is 0 Å². The molecule has 2 rings (SSSR count). The van der Waals surface area contributed by atoms with Crippen LogP contribution in [-0.4, -0.2) is 38.0 Å². The molecular formula is C12H16NO3STa-. The van der Waals surface area contributed by atoms with Gasteiger partial charge in [-0.15, -0.1) is 12.6 Å². The third kappa shape index (κ3) is 3.91. The van der Waals surface area contributed by atoms with Crippen LogP contribution in [0.2, 0.25) is 0 Å². The second-order valence-corrected chi connectivity index (χ2v) is 6.31. The molecule has 1 saturated heterocycles. The summed E-state index contributed by atoms with van der Waals surface area (Å²) in [5.74, 6) is -0.245. The number of aliphatic hydroxyl groups excluding tert-OH is 1. The Morgan fingerprint density at radius 3 is 2.56 bits per heavy atom. The number of benzene rings is 1. The molecule has 1 aliphatic rings. The van der Waals surface area contributed by atoms with Crippen LogP contribution in [0.3, 0.4) is 0 Å². The third-order valence-corrected chi connectivity index (χ3v) is 4.73. The van der Waals surface area contributed by atoms with E-state index in [9.17, 15) is 13.5 Å². The van der Waals surface area contributed by atoms with Crippen molar-refractivity contribution in [3.8, 4) is 0 Å². The Bertz CT molecular complexity index is 457. The first-order valence-electron chi connectivity index (χ1n) is 5.72. The maximum atomic E-state index is 12.0. The zero-order valence-electron chi connectivity index (χ0n) is 9.94. The molecule has 2 atom stereocenters. The van der Waals surface area contributed by atoms with Crippen molar-refractivity contribution < 1.29 is 35.9 Å². The summed E-state index contributed by atoms with van der Waals surface area (Å²) in [5, 5.41) is 14.1. The quantitative estimate of drug-likeness (QED) is 0.777. The number of sulfone groups is 1. The van der Waals surface area contributed by atoms with E-state index in [-0.39, 0.29) is 39.1 Å². The first-order chi connectivity index (χ1) is 8.09. The zero-order chi connectivity index (χ0) is 12.3. The third-order valence-electron chi connectivity index (χ3n) is 2.96. The van der Waals surface area contributed by atoms with Crippen LogP contribution in [0.25, 0.3) is 5.32 Å². The SMILES string of the molecule is O=S(=O)(CC(O)C1CCC[N-]1)c1ccccc1.[Ta]. The summed E-state index contributed by atoms with van der Waals surface area (Å²) < 4.78 is 24.0. The fraction of sp³-hybridized carbons (Fsp3) is 0.500. The molecule has 1 radical (unpaired) electrons. The normalized spacial score (nSPS) is 21.3. The molecule has 0 aliphatic carbocycles. The van der Waals surface area contributed by atoms with Crippen molar-refractivity contribution in [1.82, 2.24) is 0 Å². The molecule has 2 unspecified atom stereocenters. The molecule has 1 aromatic rings. The van der Waals surface area contributed by atoms with E-state index in [0.29, 0.717) is 0 Å². The minimum Gasteiger partial charge on any atom is -0.657 e. The Morgan fingerprint density at radius 1 is 1.33 bits per heavy atom. The molecule has 18 heavy (non-hydrogen) atoms. The second kappa shape index (κ2) is 6.84. The van der Waals surface area contributed by atoms with E-state index < -0.39 is 15.9 Å². The number of rotatable bonds is 4. The van der Waals surface area contributed by atoms with E-state index in [4.69, 9.17) is 0 Å². The monoisotopic (exact) mass is 435 g/mol. The van der Waals surface area contributed by atoms with Crippen LogP contribution in [-0.2, 0) is 32.2 Å². The van der Waals surface area contributed by atoms with Gasteiger partial charge in [0.25, 0.3) is 0 Å². The summed E-state index contributed by atoms with van der Waals surface area (Å²) in [7, 11) is -3.41. The smallest absolute Gasteiger partial charge is 0.180 e. The molecule has 4 nitrogen and oxygen atoms in total. The van der Waals surface area contributed by atoms with Gasteiger partial charge in [0, 0.05) is 22.4 Å². The first kappa shape index (κ1) is 15.9. The average molecular weight is 435 g/mol. The van der Waals surface area contributed by atoms with Crippen molar-refractivity contribution in [2.75, 3.05) is 12.3 Å². The molecule has 1 N–H and O–H groups in total. The largest absolute Gasteiger partial charge is 0.657 e. The molecule has 99 valence electrons. The number of aliphatic hydroxyl groups is 1. The van der Waals surface area contributed by atoms with Crippen LogP contribution in [0.15, 0.2) is 35.2 Å². The minimum absolute atomic E-state index is 0. The standard InChI is InChI=1S/C12H16NO3S.Ta/c14-12(11-7-4-8-13-11)9-17(15,16)10-5-2-1-3-6-10;/h1-3,5-6,11-12,14H,4,7-9H2;/q-1;. The van der Waals surface area contributed by atoms with Gasteiger partial charge in [0.15, 0.2) is 9.84 Å².